The summed E-state index contributed by atoms with van der Waals surface area (Å²) in [6.45, 7) is -0.221. The molecule has 160 valence electrons. The quantitative estimate of drug-likeness (QED) is 0.608. The third-order valence-corrected chi connectivity index (χ3v) is 5.80. The molecule has 0 radical (unpaired) electrons. The summed E-state index contributed by atoms with van der Waals surface area (Å²) in [6, 6.07) is 11.2. The van der Waals surface area contributed by atoms with Gasteiger partial charge in [0.05, 0.1) is 22.3 Å². The Morgan fingerprint density at radius 3 is 2.55 bits per heavy atom. The summed E-state index contributed by atoms with van der Waals surface area (Å²) >= 11 is 12.2. The number of carbonyl (C=O) groups is 2. The lowest BCUT2D eigenvalue weighted by Crippen LogP contribution is -2.35. The Labute approximate surface area is 188 Å². The number of para-hydroxylation sites is 2. The van der Waals surface area contributed by atoms with Crippen LogP contribution in [0.15, 0.2) is 42.5 Å². The first kappa shape index (κ1) is 21.3. The van der Waals surface area contributed by atoms with Crippen molar-refractivity contribution in [2.45, 2.75) is 19.3 Å². The van der Waals surface area contributed by atoms with E-state index in [9.17, 15) is 14.0 Å². The summed E-state index contributed by atoms with van der Waals surface area (Å²) in [5.41, 5.74) is 2.46. The molecule has 0 fully saturated rings. The van der Waals surface area contributed by atoms with E-state index in [4.69, 9.17) is 23.2 Å². The van der Waals surface area contributed by atoms with E-state index in [0.717, 1.165) is 17.7 Å². The molecule has 31 heavy (non-hydrogen) atoms. The molecule has 0 atom stereocenters. The minimum absolute atomic E-state index is 0.221. The van der Waals surface area contributed by atoms with Crippen molar-refractivity contribution in [3.8, 4) is 5.69 Å². The first-order chi connectivity index (χ1) is 14.9. The molecule has 1 N–H and O–H groups in total. The van der Waals surface area contributed by atoms with Crippen LogP contribution in [0.1, 0.15) is 28.2 Å². The average molecular weight is 461 g/mol. The van der Waals surface area contributed by atoms with Crippen molar-refractivity contribution in [2.75, 3.05) is 18.9 Å². The first-order valence-electron chi connectivity index (χ1n) is 9.72. The summed E-state index contributed by atoms with van der Waals surface area (Å²) in [5, 5.41) is 7.65. The van der Waals surface area contributed by atoms with E-state index in [1.54, 1.807) is 36.4 Å². The summed E-state index contributed by atoms with van der Waals surface area (Å²) in [7, 11) is 1.51. The van der Waals surface area contributed by atoms with Gasteiger partial charge in [0.25, 0.3) is 5.91 Å². The summed E-state index contributed by atoms with van der Waals surface area (Å²) in [4.78, 5) is 26.8. The fraction of sp³-hybridized carbons (Fsp3) is 0.227. The smallest absolute Gasteiger partial charge is 0.274 e. The number of carbonyl (C=O) groups excluding carboxylic acids is 2. The van der Waals surface area contributed by atoms with E-state index in [1.165, 1.54) is 22.7 Å². The highest BCUT2D eigenvalue weighted by atomic mass is 35.5. The van der Waals surface area contributed by atoms with Crippen LogP contribution >= 0.6 is 23.2 Å². The highest BCUT2D eigenvalue weighted by molar-refractivity contribution is 6.39. The van der Waals surface area contributed by atoms with Crippen molar-refractivity contribution >= 4 is 40.7 Å². The van der Waals surface area contributed by atoms with Crippen LogP contribution in [0.25, 0.3) is 5.69 Å². The predicted octanol–water partition coefficient (Wildman–Crippen LogP) is 4.52. The lowest BCUT2D eigenvalue weighted by Gasteiger charge is -2.17. The molecule has 6 nitrogen and oxygen atoms in total. The number of hydrogen-bond donors (Lipinski definition) is 1. The minimum Gasteiger partial charge on any atom is -0.331 e. The Bertz CT molecular complexity index is 1160. The van der Waals surface area contributed by atoms with Gasteiger partial charge in [0.1, 0.15) is 11.5 Å². The van der Waals surface area contributed by atoms with E-state index in [-0.39, 0.29) is 12.2 Å². The summed E-state index contributed by atoms with van der Waals surface area (Å²) in [5.74, 6) is -1.27. The zero-order valence-electron chi connectivity index (χ0n) is 16.7. The number of fused-ring (bicyclic) bond motifs is 1. The number of halogens is 3. The second kappa shape index (κ2) is 8.69. The van der Waals surface area contributed by atoms with Gasteiger partial charge in [-0.25, -0.2) is 9.07 Å². The van der Waals surface area contributed by atoms with E-state index >= 15 is 0 Å². The molecular weight excluding hydrogens is 442 g/mol. The number of nitrogens with zero attached hydrogens (tertiary/aromatic N) is 3. The van der Waals surface area contributed by atoms with Crippen molar-refractivity contribution in [3.05, 3.63) is 75.3 Å². The molecule has 1 aliphatic carbocycles. The van der Waals surface area contributed by atoms with E-state index in [2.05, 4.69) is 10.4 Å². The molecule has 2 aromatic carbocycles. The molecule has 0 saturated carbocycles. The summed E-state index contributed by atoms with van der Waals surface area (Å²) < 4.78 is 15.8. The lowest BCUT2D eigenvalue weighted by molar-refractivity contribution is -0.116. The van der Waals surface area contributed by atoms with Gasteiger partial charge < -0.3 is 10.2 Å². The zero-order chi connectivity index (χ0) is 22.1. The van der Waals surface area contributed by atoms with Crippen molar-refractivity contribution in [1.29, 1.82) is 0 Å². The van der Waals surface area contributed by atoms with Crippen LogP contribution in [0.3, 0.4) is 0 Å². The first-order valence-corrected chi connectivity index (χ1v) is 10.5. The average Bonchev–Trinajstić information content (AvgIpc) is 3.34. The molecule has 0 saturated heterocycles. The van der Waals surface area contributed by atoms with Crippen LogP contribution in [0, 0.1) is 5.82 Å². The molecule has 1 aliphatic rings. The number of aromatic nitrogens is 2. The van der Waals surface area contributed by atoms with Gasteiger partial charge in [-0.05, 0) is 43.5 Å². The zero-order valence-corrected chi connectivity index (χ0v) is 18.2. The van der Waals surface area contributed by atoms with E-state index < -0.39 is 17.6 Å². The van der Waals surface area contributed by atoms with Crippen LogP contribution in [-0.2, 0) is 17.6 Å². The third kappa shape index (κ3) is 4.16. The van der Waals surface area contributed by atoms with Crippen molar-refractivity contribution < 1.29 is 14.0 Å². The van der Waals surface area contributed by atoms with Crippen LogP contribution < -0.4 is 5.32 Å². The fourth-order valence-corrected chi connectivity index (χ4v) is 4.19. The Balaban J connectivity index is 1.55. The molecule has 3 aromatic rings. The number of hydrogen-bond acceptors (Lipinski definition) is 3. The third-order valence-electron chi connectivity index (χ3n) is 5.17. The SMILES string of the molecule is CN(CC(=O)Nc1c(Cl)cccc1Cl)C(=O)c1nn(-c2ccccc2F)c2c1CCC2. The molecule has 9 heteroatoms. The van der Waals surface area contributed by atoms with Gasteiger partial charge >= 0.3 is 0 Å². The minimum atomic E-state index is -0.448. The highest BCUT2D eigenvalue weighted by Gasteiger charge is 2.29. The Hall–Kier alpha value is -2.90. The summed E-state index contributed by atoms with van der Waals surface area (Å²) in [6.07, 6.45) is 2.25. The highest BCUT2D eigenvalue weighted by Crippen LogP contribution is 2.31. The molecule has 2 amide bonds. The van der Waals surface area contributed by atoms with Gasteiger partial charge in [0, 0.05) is 18.3 Å². The Morgan fingerprint density at radius 1 is 1.13 bits per heavy atom. The van der Waals surface area contributed by atoms with Crippen molar-refractivity contribution in [2.24, 2.45) is 0 Å². The fourth-order valence-electron chi connectivity index (χ4n) is 3.70. The number of benzene rings is 2. The molecular formula is C22H19Cl2FN4O2. The molecule has 1 aromatic heterocycles. The maximum Gasteiger partial charge on any atom is 0.274 e. The van der Waals surface area contributed by atoms with Crippen LogP contribution in [0.2, 0.25) is 10.0 Å². The van der Waals surface area contributed by atoms with Crippen LogP contribution in [0.5, 0.6) is 0 Å². The van der Waals surface area contributed by atoms with Gasteiger partial charge in [-0.15, -0.1) is 0 Å². The monoisotopic (exact) mass is 460 g/mol. The number of amides is 2. The van der Waals surface area contributed by atoms with E-state index in [1.807, 2.05) is 0 Å². The number of nitrogens with one attached hydrogen (secondary N) is 1. The maximum absolute atomic E-state index is 14.3. The number of anilines is 1. The standard InChI is InChI=1S/C22H19Cl2FN4O2/c1-28(12-19(30)26-21-14(23)7-5-8-15(21)24)22(31)20-13-6-4-11-17(13)29(27-20)18-10-3-2-9-16(18)25/h2-3,5,7-10H,4,6,11-12H2,1H3,(H,26,30). The Morgan fingerprint density at radius 2 is 1.84 bits per heavy atom. The van der Waals surface area contributed by atoms with Crippen LogP contribution in [0.4, 0.5) is 10.1 Å². The van der Waals surface area contributed by atoms with Gasteiger partial charge in [0.2, 0.25) is 5.91 Å². The van der Waals surface area contributed by atoms with Gasteiger partial charge in [-0.1, -0.05) is 41.4 Å². The molecule has 0 spiro atoms. The molecule has 0 unspecified atom stereocenters. The van der Waals surface area contributed by atoms with Gasteiger partial charge in [0.15, 0.2) is 5.69 Å². The molecule has 1 heterocycles. The largest absolute Gasteiger partial charge is 0.331 e. The Kier molecular flexibility index (Phi) is 5.98. The van der Waals surface area contributed by atoms with Crippen molar-refractivity contribution in [1.82, 2.24) is 14.7 Å². The van der Waals surface area contributed by atoms with Crippen molar-refractivity contribution in [3.63, 3.8) is 0 Å². The van der Waals surface area contributed by atoms with Crippen LogP contribution in [-0.4, -0.2) is 40.1 Å². The molecule has 0 aliphatic heterocycles. The predicted molar refractivity (Wildman–Crippen MR) is 118 cm³/mol. The second-order valence-electron chi connectivity index (χ2n) is 7.30. The second-order valence-corrected chi connectivity index (χ2v) is 8.11. The topological polar surface area (TPSA) is 67.2 Å². The van der Waals surface area contributed by atoms with Gasteiger partial charge in [-0.2, -0.15) is 5.10 Å². The van der Waals surface area contributed by atoms with E-state index in [0.29, 0.717) is 34.3 Å². The number of likely N-dealkylation sites (N-methyl/N-ethyl adjacent to an activating group) is 1. The normalized spacial score (nSPS) is 12.5. The lowest BCUT2D eigenvalue weighted by atomic mass is 10.2. The molecule has 0 bridgehead atoms. The maximum atomic E-state index is 14.3. The number of rotatable bonds is 5. The molecule has 4 rings (SSSR count). The van der Waals surface area contributed by atoms with Gasteiger partial charge in [-0.3, -0.25) is 9.59 Å².